The molecule has 0 unspecified atom stereocenters. The lowest BCUT2D eigenvalue weighted by Gasteiger charge is -2.38. The van der Waals surface area contributed by atoms with Crippen molar-refractivity contribution in [3.05, 3.63) is 28.2 Å². The lowest BCUT2D eigenvalue weighted by Crippen LogP contribution is -2.50. The number of halogens is 3. The quantitative estimate of drug-likeness (QED) is 0.639. The molecule has 0 spiro atoms. The first-order chi connectivity index (χ1) is 15.1. The maximum absolute atomic E-state index is 12.4. The van der Waals surface area contributed by atoms with Crippen molar-refractivity contribution in [1.29, 1.82) is 0 Å². The zero-order valence-corrected chi connectivity index (χ0v) is 20.9. The summed E-state index contributed by atoms with van der Waals surface area (Å²) in [6.07, 6.45) is 5.88. The number of morpholine rings is 1. The van der Waals surface area contributed by atoms with E-state index < -0.39 is 0 Å². The van der Waals surface area contributed by atoms with Gasteiger partial charge in [0.1, 0.15) is 0 Å². The molecule has 0 aromatic heterocycles. The number of carbonyl (C=O) groups is 1. The van der Waals surface area contributed by atoms with Crippen LogP contribution in [-0.2, 0) is 4.74 Å². The summed E-state index contributed by atoms with van der Waals surface area (Å²) in [5.74, 6) is 0.775. The number of amides is 2. The summed E-state index contributed by atoms with van der Waals surface area (Å²) in [4.78, 5) is 19.2. The maximum Gasteiger partial charge on any atom is 0.317 e. The third-order valence-electron chi connectivity index (χ3n) is 6.97. The number of hydrogen-bond donors (Lipinski definition) is 1. The van der Waals surface area contributed by atoms with Gasteiger partial charge in [-0.25, -0.2) is 4.79 Å². The van der Waals surface area contributed by atoms with Gasteiger partial charge in [0, 0.05) is 45.3 Å². The van der Waals surface area contributed by atoms with Gasteiger partial charge in [0.2, 0.25) is 0 Å². The van der Waals surface area contributed by atoms with E-state index >= 15 is 0 Å². The lowest BCUT2D eigenvalue weighted by atomic mass is 9.84. The molecule has 0 atom stereocenters. The second kappa shape index (κ2) is 12.5. The van der Waals surface area contributed by atoms with Crippen molar-refractivity contribution in [2.24, 2.45) is 5.92 Å². The van der Waals surface area contributed by atoms with E-state index in [1.165, 1.54) is 19.3 Å². The minimum atomic E-state index is 0. The number of ether oxygens (including phenoxy) is 1. The fourth-order valence-electron chi connectivity index (χ4n) is 4.94. The predicted molar refractivity (Wildman–Crippen MR) is 134 cm³/mol. The highest BCUT2D eigenvalue weighted by Crippen LogP contribution is 2.33. The zero-order chi connectivity index (χ0) is 21.6. The van der Waals surface area contributed by atoms with Crippen LogP contribution in [0.4, 0.5) is 10.5 Å². The van der Waals surface area contributed by atoms with Crippen molar-refractivity contribution in [2.75, 3.05) is 63.9 Å². The van der Waals surface area contributed by atoms with Crippen LogP contribution in [0, 0.1) is 5.92 Å². The summed E-state index contributed by atoms with van der Waals surface area (Å²) in [5, 5.41) is 4.52. The standard InChI is InChI=1S/C23H34Cl2N4O2.ClH/c24-20-2-1-3-21(22(20)25)28-12-10-27(11-13-28)9-8-18-4-6-19(7-5-18)26-23(30)29-14-16-31-17-15-29;/h1-3,18-19H,4-17H2,(H,26,30);1H. The number of nitrogens with zero attached hydrogens (tertiary/aromatic N) is 3. The molecule has 2 aliphatic heterocycles. The molecule has 2 amide bonds. The van der Waals surface area contributed by atoms with Crippen LogP contribution < -0.4 is 10.2 Å². The average Bonchev–Trinajstić information content (AvgIpc) is 2.81. The highest BCUT2D eigenvalue weighted by Gasteiger charge is 2.26. The van der Waals surface area contributed by atoms with Gasteiger partial charge in [-0.05, 0) is 56.7 Å². The molecule has 1 N–H and O–H groups in total. The van der Waals surface area contributed by atoms with Crippen molar-refractivity contribution in [1.82, 2.24) is 15.1 Å². The molecular weight excluding hydrogens is 471 g/mol. The van der Waals surface area contributed by atoms with Crippen molar-refractivity contribution >= 4 is 47.3 Å². The second-order valence-corrected chi connectivity index (χ2v) is 9.74. The smallest absolute Gasteiger partial charge is 0.317 e. The Morgan fingerprint density at radius 1 is 1.00 bits per heavy atom. The topological polar surface area (TPSA) is 48.1 Å². The SMILES string of the molecule is Cl.O=C(NC1CCC(CCN2CCN(c3cccc(Cl)c3Cl)CC2)CC1)N1CCOCC1. The van der Waals surface area contributed by atoms with Crippen LogP contribution in [0.1, 0.15) is 32.1 Å². The second-order valence-electron chi connectivity index (χ2n) is 8.96. The van der Waals surface area contributed by atoms with E-state index in [-0.39, 0.29) is 18.4 Å². The fraction of sp³-hybridized carbons (Fsp3) is 0.696. The number of carbonyl (C=O) groups excluding carboxylic acids is 1. The van der Waals surface area contributed by atoms with Crippen LogP contribution >= 0.6 is 35.6 Å². The van der Waals surface area contributed by atoms with Crippen molar-refractivity contribution in [3.63, 3.8) is 0 Å². The van der Waals surface area contributed by atoms with Gasteiger partial charge in [-0.3, -0.25) is 4.90 Å². The summed E-state index contributed by atoms with van der Waals surface area (Å²) in [5.41, 5.74) is 1.05. The van der Waals surface area contributed by atoms with Gasteiger partial charge in [0.05, 0.1) is 28.9 Å². The Kier molecular flexibility index (Phi) is 10.1. The molecule has 0 radical (unpaired) electrons. The van der Waals surface area contributed by atoms with E-state index in [4.69, 9.17) is 27.9 Å². The van der Waals surface area contributed by atoms with Gasteiger partial charge in [0.15, 0.2) is 0 Å². The molecule has 1 aromatic carbocycles. The summed E-state index contributed by atoms with van der Waals surface area (Å²) in [6.45, 7) is 7.98. The number of nitrogens with one attached hydrogen (secondary N) is 1. The van der Waals surface area contributed by atoms with Gasteiger partial charge in [-0.15, -0.1) is 12.4 Å². The highest BCUT2D eigenvalue weighted by molar-refractivity contribution is 6.43. The molecule has 1 aliphatic carbocycles. The third-order valence-corrected chi connectivity index (χ3v) is 7.78. The molecule has 2 saturated heterocycles. The summed E-state index contributed by atoms with van der Waals surface area (Å²) >= 11 is 12.6. The van der Waals surface area contributed by atoms with Gasteiger partial charge < -0.3 is 19.9 Å². The van der Waals surface area contributed by atoms with Crippen LogP contribution in [-0.4, -0.2) is 80.9 Å². The van der Waals surface area contributed by atoms with E-state index in [0.29, 0.717) is 42.4 Å². The Morgan fingerprint density at radius 2 is 1.69 bits per heavy atom. The number of piperazine rings is 1. The van der Waals surface area contributed by atoms with E-state index in [9.17, 15) is 4.79 Å². The molecule has 2 heterocycles. The van der Waals surface area contributed by atoms with Crippen molar-refractivity contribution in [3.8, 4) is 0 Å². The van der Waals surface area contributed by atoms with Crippen LogP contribution in [0.5, 0.6) is 0 Å². The zero-order valence-electron chi connectivity index (χ0n) is 18.6. The first-order valence-corrected chi connectivity index (χ1v) is 12.4. The van der Waals surface area contributed by atoms with Gasteiger partial charge in [-0.2, -0.15) is 0 Å². The van der Waals surface area contributed by atoms with Gasteiger partial charge in [-0.1, -0.05) is 29.3 Å². The molecule has 4 rings (SSSR count). The largest absolute Gasteiger partial charge is 0.378 e. The Bertz CT molecular complexity index is 732. The van der Waals surface area contributed by atoms with Crippen molar-refractivity contribution < 1.29 is 9.53 Å². The summed E-state index contributed by atoms with van der Waals surface area (Å²) in [7, 11) is 0. The number of benzene rings is 1. The van der Waals surface area contributed by atoms with Crippen LogP contribution in [0.25, 0.3) is 0 Å². The Balaban J connectivity index is 0.00000289. The van der Waals surface area contributed by atoms with E-state index in [2.05, 4.69) is 21.2 Å². The monoisotopic (exact) mass is 504 g/mol. The third kappa shape index (κ3) is 6.80. The molecular formula is C23H35Cl3N4O2. The number of anilines is 1. The molecule has 9 heteroatoms. The Morgan fingerprint density at radius 3 is 2.38 bits per heavy atom. The first kappa shape index (κ1) is 25.7. The lowest BCUT2D eigenvalue weighted by molar-refractivity contribution is 0.0519. The van der Waals surface area contributed by atoms with Crippen molar-refractivity contribution in [2.45, 2.75) is 38.1 Å². The molecule has 3 fully saturated rings. The molecule has 180 valence electrons. The molecule has 6 nitrogen and oxygen atoms in total. The van der Waals surface area contributed by atoms with Crippen LogP contribution in [0.15, 0.2) is 18.2 Å². The molecule has 3 aliphatic rings. The molecule has 32 heavy (non-hydrogen) atoms. The van der Waals surface area contributed by atoms with Gasteiger partial charge >= 0.3 is 6.03 Å². The fourth-order valence-corrected chi connectivity index (χ4v) is 5.36. The van der Waals surface area contributed by atoms with E-state index in [0.717, 1.165) is 57.2 Å². The van der Waals surface area contributed by atoms with Gasteiger partial charge in [0.25, 0.3) is 0 Å². The molecule has 1 aromatic rings. The summed E-state index contributed by atoms with van der Waals surface area (Å²) < 4.78 is 5.33. The first-order valence-electron chi connectivity index (χ1n) is 11.6. The normalized spacial score (nSPS) is 24.7. The molecule has 1 saturated carbocycles. The van der Waals surface area contributed by atoms with Crippen LogP contribution in [0.3, 0.4) is 0 Å². The number of urea groups is 1. The Hall–Kier alpha value is -0.920. The predicted octanol–water partition coefficient (Wildman–Crippen LogP) is 4.53. The highest BCUT2D eigenvalue weighted by atomic mass is 35.5. The minimum Gasteiger partial charge on any atom is -0.378 e. The number of hydrogen-bond acceptors (Lipinski definition) is 4. The summed E-state index contributed by atoms with van der Waals surface area (Å²) in [6, 6.07) is 6.28. The Labute approximate surface area is 207 Å². The van der Waals surface area contributed by atoms with E-state index in [1.54, 1.807) is 0 Å². The minimum absolute atomic E-state index is 0. The maximum atomic E-state index is 12.4. The molecule has 0 bridgehead atoms. The number of rotatable bonds is 5. The average molecular weight is 506 g/mol. The van der Waals surface area contributed by atoms with E-state index in [1.807, 2.05) is 17.0 Å². The van der Waals surface area contributed by atoms with Crippen LogP contribution in [0.2, 0.25) is 10.0 Å².